The molecule has 2 aliphatic heterocycles. The number of hydrogen-bond acceptors (Lipinski definition) is 9. The van der Waals surface area contributed by atoms with Crippen molar-refractivity contribution in [2.75, 3.05) is 36.9 Å². The van der Waals surface area contributed by atoms with Crippen molar-refractivity contribution < 1.29 is 9.84 Å². The second-order valence-corrected chi connectivity index (χ2v) is 12.2. The van der Waals surface area contributed by atoms with Gasteiger partial charge in [-0.3, -0.25) is 9.88 Å². The summed E-state index contributed by atoms with van der Waals surface area (Å²) in [6.07, 6.45) is 3.64. The molecule has 12 heteroatoms. The van der Waals surface area contributed by atoms with Gasteiger partial charge < -0.3 is 20.5 Å². The molecule has 0 unspecified atom stereocenters. The third-order valence-corrected chi connectivity index (χ3v) is 8.91. The van der Waals surface area contributed by atoms with Gasteiger partial charge in [0.05, 0.1) is 66.1 Å². The van der Waals surface area contributed by atoms with E-state index in [1.54, 1.807) is 29.1 Å². The molecule has 3 atom stereocenters. The molecular formula is C33H30Cl2N8O2. The molecule has 0 saturated carbocycles. The molecule has 2 aliphatic rings. The third-order valence-electron chi connectivity index (χ3n) is 8.46. The molecule has 3 aromatic carbocycles. The number of nitrogens with one attached hydrogen (secondary N) is 2. The number of nitrogens with zero attached hydrogens (tertiary/aromatic N) is 6. The van der Waals surface area contributed by atoms with Gasteiger partial charge in [-0.2, -0.15) is 5.26 Å². The highest BCUT2D eigenvalue weighted by atomic mass is 35.5. The lowest BCUT2D eigenvalue weighted by molar-refractivity contribution is -0.0947. The Kier molecular flexibility index (Phi) is 8.27. The maximum atomic E-state index is 11.1. The molecule has 2 aromatic heterocycles. The molecule has 10 nitrogen and oxygen atoms in total. The van der Waals surface area contributed by atoms with Crippen LogP contribution in [0.25, 0.3) is 10.9 Å². The first kappa shape index (κ1) is 29.5. The number of aromatic nitrogens is 4. The summed E-state index contributed by atoms with van der Waals surface area (Å²) >= 11 is 12.9. The Labute approximate surface area is 270 Å². The zero-order valence-corrected chi connectivity index (χ0v) is 25.7. The molecular weight excluding hydrogens is 611 g/mol. The molecule has 0 radical (unpaired) electrons. The van der Waals surface area contributed by atoms with Crippen LogP contribution in [0.5, 0.6) is 0 Å². The second kappa shape index (κ2) is 12.6. The van der Waals surface area contributed by atoms with Gasteiger partial charge in [0, 0.05) is 40.4 Å². The van der Waals surface area contributed by atoms with E-state index in [9.17, 15) is 10.4 Å². The molecule has 7 rings (SSSR count). The lowest BCUT2D eigenvalue weighted by atomic mass is 9.99. The highest BCUT2D eigenvalue weighted by Gasteiger charge is 2.36. The minimum Gasteiger partial charge on any atom is -0.390 e. The van der Waals surface area contributed by atoms with Crippen molar-refractivity contribution in [1.82, 2.24) is 24.9 Å². The number of fused-ring (bicyclic) bond motifs is 1. The molecule has 4 heterocycles. The number of likely N-dealkylation sites (tertiary alicyclic amines) is 1. The van der Waals surface area contributed by atoms with E-state index in [2.05, 4.69) is 36.9 Å². The number of hydrogen-bond donors (Lipinski definition) is 3. The van der Waals surface area contributed by atoms with Crippen molar-refractivity contribution in [1.29, 1.82) is 5.26 Å². The fourth-order valence-corrected chi connectivity index (χ4v) is 6.45. The largest absolute Gasteiger partial charge is 0.390 e. The Morgan fingerprint density at radius 1 is 1.04 bits per heavy atom. The number of anilines is 3. The number of nitriles is 1. The van der Waals surface area contributed by atoms with Crippen molar-refractivity contribution in [3.8, 4) is 6.07 Å². The minimum absolute atomic E-state index is 0.182. The number of rotatable bonds is 8. The van der Waals surface area contributed by atoms with E-state index in [4.69, 9.17) is 27.9 Å². The Morgan fingerprint density at radius 3 is 2.62 bits per heavy atom. The van der Waals surface area contributed by atoms with Crippen LogP contribution in [0.1, 0.15) is 35.3 Å². The Bertz CT molecular complexity index is 1870. The quantitative estimate of drug-likeness (QED) is 0.188. The standard InChI is InChI=1S/C33H30Cl2N8O2/c34-22-7-4-8-24(11-22)38-31-21(14-36)15-37-33-26(31)12-23(35)13-27(33)39-32(20-5-2-1-3-6-20)28-16-43(41-40-28)29-9-10-42(17-30(29)44)25-18-45-19-25/h1-8,11-13,15-16,25,29-30,32,39,44H,9-10,17-19H2,(H,37,38)/t29-,30-,32+/m1/s1. The number of halogens is 2. The molecule has 2 fully saturated rings. The van der Waals surface area contributed by atoms with Gasteiger partial charge in [-0.15, -0.1) is 5.10 Å². The van der Waals surface area contributed by atoms with Gasteiger partial charge in [0.1, 0.15) is 11.8 Å². The Balaban J connectivity index is 1.23. The normalized spacial score (nSPS) is 19.5. The third kappa shape index (κ3) is 6.06. The van der Waals surface area contributed by atoms with Crippen LogP contribution in [0.4, 0.5) is 17.1 Å². The second-order valence-electron chi connectivity index (χ2n) is 11.4. The van der Waals surface area contributed by atoms with Crippen LogP contribution in [-0.4, -0.2) is 68.4 Å². The molecule has 0 amide bonds. The first-order valence-electron chi connectivity index (χ1n) is 14.7. The first-order chi connectivity index (χ1) is 22.0. The van der Waals surface area contributed by atoms with Gasteiger partial charge in [0.2, 0.25) is 0 Å². The van der Waals surface area contributed by atoms with Gasteiger partial charge in [-0.05, 0) is 42.3 Å². The van der Waals surface area contributed by atoms with Crippen LogP contribution < -0.4 is 10.6 Å². The summed E-state index contributed by atoms with van der Waals surface area (Å²) in [5.41, 5.74) is 4.61. The summed E-state index contributed by atoms with van der Waals surface area (Å²) in [6, 6.07) is 22.9. The highest BCUT2D eigenvalue weighted by Crippen LogP contribution is 2.38. The van der Waals surface area contributed by atoms with Crippen molar-refractivity contribution in [3.63, 3.8) is 0 Å². The zero-order valence-electron chi connectivity index (χ0n) is 24.1. The molecule has 3 N–H and O–H groups in total. The maximum absolute atomic E-state index is 11.1. The molecule has 2 saturated heterocycles. The summed E-state index contributed by atoms with van der Waals surface area (Å²) in [5, 5.41) is 38.7. The van der Waals surface area contributed by atoms with Crippen molar-refractivity contribution >= 4 is 51.2 Å². The van der Waals surface area contributed by atoms with E-state index < -0.39 is 12.1 Å². The van der Waals surface area contributed by atoms with Gasteiger partial charge in [-0.25, -0.2) is 4.68 Å². The van der Waals surface area contributed by atoms with E-state index in [1.165, 1.54) is 0 Å². The van der Waals surface area contributed by atoms with Crippen LogP contribution in [-0.2, 0) is 4.74 Å². The number of aliphatic hydroxyl groups excluding tert-OH is 1. The number of β-amino-alcohol motifs (C(OH)–C–C–N with tert-alkyl or cyclic N) is 1. The van der Waals surface area contributed by atoms with Crippen molar-refractivity contribution in [2.45, 2.75) is 30.7 Å². The lowest BCUT2D eigenvalue weighted by Crippen LogP contribution is -2.55. The van der Waals surface area contributed by atoms with E-state index >= 15 is 0 Å². The number of benzene rings is 3. The topological polar surface area (TPSA) is 124 Å². The summed E-state index contributed by atoms with van der Waals surface area (Å²) in [5.74, 6) is 0. The SMILES string of the molecule is N#Cc1cnc2c(N[C@@H](c3ccccc3)c3cn([C@@H]4CCN(C5COC5)C[C@H]4O)nn3)cc(Cl)cc2c1Nc1cccc(Cl)c1. The van der Waals surface area contributed by atoms with E-state index in [0.717, 1.165) is 37.4 Å². The molecule has 45 heavy (non-hydrogen) atoms. The number of pyridine rings is 1. The maximum Gasteiger partial charge on any atom is 0.109 e. The average Bonchev–Trinajstić information content (AvgIpc) is 3.49. The average molecular weight is 642 g/mol. The molecule has 0 aliphatic carbocycles. The predicted molar refractivity (Wildman–Crippen MR) is 174 cm³/mol. The van der Waals surface area contributed by atoms with Crippen LogP contribution >= 0.6 is 23.2 Å². The summed E-state index contributed by atoms with van der Waals surface area (Å²) in [7, 11) is 0. The van der Waals surface area contributed by atoms with Crippen LogP contribution in [0.15, 0.2) is 79.1 Å². The smallest absolute Gasteiger partial charge is 0.109 e. The van der Waals surface area contributed by atoms with E-state index in [0.29, 0.717) is 56.2 Å². The predicted octanol–water partition coefficient (Wildman–Crippen LogP) is 5.96. The van der Waals surface area contributed by atoms with Gasteiger partial charge >= 0.3 is 0 Å². The van der Waals surface area contributed by atoms with E-state index in [1.807, 2.05) is 54.7 Å². The lowest BCUT2D eigenvalue weighted by Gasteiger charge is -2.43. The Hall–Kier alpha value is -4.24. The monoisotopic (exact) mass is 640 g/mol. The van der Waals surface area contributed by atoms with Crippen molar-refractivity contribution in [3.05, 3.63) is 106 Å². The van der Waals surface area contributed by atoms with E-state index in [-0.39, 0.29) is 6.04 Å². The van der Waals surface area contributed by atoms with Crippen LogP contribution in [0.2, 0.25) is 10.0 Å². The molecule has 5 aromatic rings. The summed E-state index contributed by atoms with van der Waals surface area (Å²) < 4.78 is 7.13. The van der Waals surface area contributed by atoms with Crippen LogP contribution in [0, 0.1) is 11.3 Å². The minimum atomic E-state index is -0.571. The summed E-state index contributed by atoms with van der Waals surface area (Å²) in [6.45, 7) is 2.88. The Morgan fingerprint density at radius 2 is 1.89 bits per heavy atom. The number of ether oxygens (including phenoxy) is 1. The zero-order chi connectivity index (χ0) is 30.9. The molecule has 228 valence electrons. The molecule has 0 spiro atoms. The number of aliphatic hydroxyl groups is 1. The fourth-order valence-electron chi connectivity index (χ4n) is 6.04. The molecule has 0 bridgehead atoms. The van der Waals surface area contributed by atoms with Gasteiger partial charge in [0.15, 0.2) is 0 Å². The van der Waals surface area contributed by atoms with Crippen LogP contribution in [0.3, 0.4) is 0 Å². The fraction of sp³-hybridized carbons (Fsp3) is 0.273. The highest BCUT2D eigenvalue weighted by molar-refractivity contribution is 6.32. The number of piperidine rings is 1. The summed E-state index contributed by atoms with van der Waals surface area (Å²) in [4.78, 5) is 6.97. The van der Waals surface area contributed by atoms with Gasteiger partial charge in [0.25, 0.3) is 0 Å². The first-order valence-corrected chi connectivity index (χ1v) is 15.5. The van der Waals surface area contributed by atoms with Crippen molar-refractivity contribution in [2.24, 2.45) is 0 Å². The van der Waals surface area contributed by atoms with Gasteiger partial charge in [-0.1, -0.05) is 64.8 Å².